The molecule has 8 atom stereocenters. The predicted molar refractivity (Wildman–Crippen MR) is 219 cm³/mol. The third-order valence-corrected chi connectivity index (χ3v) is 13.3. The van der Waals surface area contributed by atoms with Crippen molar-refractivity contribution < 1.29 is 78.6 Å². The summed E-state index contributed by atoms with van der Waals surface area (Å²) in [6.45, 7) is 29.3. The molecule has 14 heteroatoms. The van der Waals surface area contributed by atoms with Gasteiger partial charge in [-0.2, -0.15) is 0 Å². The number of rotatable bonds is 4. The summed E-state index contributed by atoms with van der Waals surface area (Å²) in [5, 5.41) is 38.0. The fourth-order valence-electron chi connectivity index (χ4n) is 10.5. The largest absolute Gasteiger partial charge is 2.00 e. The van der Waals surface area contributed by atoms with E-state index in [1.807, 2.05) is 0 Å². The second-order valence-electron chi connectivity index (χ2n) is 18.0. The van der Waals surface area contributed by atoms with Gasteiger partial charge in [-0.15, -0.1) is 0 Å². The molecule has 0 aliphatic carbocycles. The van der Waals surface area contributed by atoms with E-state index in [0.29, 0.717) is 0 Å². The quantitative estimate of drug-likeness (QED) is 0.297. The van der Waals surface area contributed by atoms with Crippen LogP contribution in [0.1, 0.15) is 118 Å². The fraction of sp³-hybridized carbons (Fsp3) is 0.739. The second-order valence-corrected chi connectivity index (χ2v) is 18.0. The Kier molecular flexibility index (Phi) is 26.0. The van der Waals surface area contributed by atoms with E-state index in [0.717, 1.165) is 47.8 Å². The number of carboxylic acid groups (broad SMARTS) is 4. The summed E-state index contributed by atoms with van der Waals surface area (Å²) in [6.07, 6.45) is 20.9. The third kappa shape index (κ3) is 17.6. The molecular weight excluding hydrogens is 867 g/mol. The van der Waals surface area contributed by atoms with Crippen LogP contribution in [0.5, 0.6) is 0 Å². The average Bonchev–Trinajstić information content (AvgIpc) is 3.19. The minimum absolute atomic E-state index is 0. The van der Waals surface area contributed by atoms with Gasteiger partial charge >= 0.3 is 39.0 Å². The van der Waals surface area contributed by atoms with Crippen molar-refractivity contribution in [1.82, 2.24) is 19.6 Å². The van der Waals surface area contributed by atoms with Crippen molar-refractivity contribution in [2.75, 3.05) is 52.4 Å². The maximum Gasteiger partial charge on any atom is 2.00 e. The molecule has 8 rings (SSSR count). The van der Waals surface area contributed by atoms with Crippen molar-refractivity contribution in [2.24, 2.45) is 23.7 Å². The number of carboxylic acids is 4. The van der Waals surface area contributed by atoms with Crippen LogP contribution in [-0.4, -0.2) is 120 Å². The third-order valence-electron chi connectivity index (χ3n) is 13.3. The Hall–Kier alpha value is -2.07. The molecule has 0 spiro atoms. The number of aliphatic carboxylic acids is 4. The van der Waals surface area contributed by atoms with E-state index in [2.05, 4.69) is 45.9 Å². The molecule has 328 valence electrons. The van der Waals surface area contributed by atoms with E-state index in [-0.39, 0.29) is 61.2 Å². The van der Waals surface area contributed by atoms with Gasteiger partial charge in [-0.3, -0.25) is 19.6 Å². The van der Waals surface area contributed by atoms with Crippen molar-refractivity contribution in [1.29, 1.82) is 0 Å². The van der Waals surface area contributed by atoms with Gasteiger partial charge in [0, 0.05) is 50.3 Å². The summed E-state index contributed by atoms with van der Waals surface area (Å²) >= 11 is 0. The Morgan fingerprint density at radius 3 is 0.700 bits per heavy atom. The van der Waals surface area contributed by atoms with Crippen LogP contribution in [0.25, 0.3) is 0 Å². The van der Waals surface area contributed by atoms with Crippen molar-refractivity contribution in [3.05, 3.63) is 48.6 Å². The molecule has 60 heavy (non-hydrogen) atoms. The van der Waals surface area contributed by atoms with Crippen LogP contribution in [0.4, 0.5) is 0 Å². The molecule has 4 bridgehead atoms. The molecule has 8 heterocycles. The standard InChI is InChI=1S/2C15H26N2.4C4H6O2.2Zn/c2*1-3-7-16-11-13-9-12(14(16)5-1)10-17-8-4-2-6-15(13)17;4*1-3(2)4(5)6;;/h2*12-15H,1-11H2;4*1H2,2H3,(H,5,6);;/q;;;;;;2*+2/p-4/t2*12-,13-,14-,15+;;;;;;/m00....../s1. The molecule has 0 radical (unpaired) electrons. The van der Waals surface area contributed by atoms with E-state index in [9.17, 15) is 39.6 Å². The van der Waals surface area contributed by atoms with Gasteiger partial charge < -0.3 is 39.6 Å². The molecule has 8 saturated heterocycles. The maximum atomic E-state index is 9.49. The van der Waals surface area contributed by atoms with Gasteiger partial charge in [-0.1, -0.05) is 52.0 Å². The number of piperidine rings is 8. The van der Waals surface area contributed by atoms with Crippen molar-refractivity contribution in [3.8, 4) is 0 Å². The number of nitrogens with zero attached hydrogens (tertiary/aromatic N) is 4. The SMILES string of the molecule is C1CCN2C[C@@H]3C[C@@H](CN4CCCC[C@@H]34)[C@H]2C1.C1CCN2C[C@@H]3C[C@@H](CN4CCCC[C@@H]34)[C@H]2C1.C=C(C)C(=O)[O-].C=C(C)C(=O)[O-].C=C(C)C(=O)[O-].C=C(C)C(=O)[O-].[Zn+2].[Zn+2]. The van der Waals surface area contributed by atoms with Gasteiger partial charge in [0.25, 0.3) is 0 Å². The van der Waals surface area contributed by atoms with Gasteiger partial charge in [0.2, 0.25) is 0 Å². The first-order chi connectivity index (χ1) is 27.4. The molecule has 0 aromatic carbocycles. The number of carbonyl (C=O) groups excluding carboxylic acids is 4. The molecular formula is C46H72N4O8Zn2. The minimum atomic E-state index is -1.19. The van der Waals surface area contributed by atoms with Crippen LogP contribution in [0.15, 0.2) is 48.6 Å². The van der Waals surface area contributed by atoms with Gasteiger partial charge in [-0.25, -0.2) is 0 Å². The van der Waals surface area contributed by atoms with Gasteiger partial charge in [-0.05, 0) is 164 Å². The van der Waals surface area contributed by atoms with Crippen LogP contribution in [0.2, 0.25) is 0 Å². The van der Waals surface area contributed by atoms with Crippen LogP contribution < -0.4 is 20.4 Å². The number of hydrogen-bond donors (Lipinski definition) is 0. The van der Waals surface area contributed by atoms with Crippen molar-refractivity contribution in [2.45, 2.75) is 142 Å². The van der Waals surface area contributed by atoms with Crippen molar-refractivity contribution in [3.63, 3.8) is 0 Å². The normalized spacial score (nSPS) is 29.8. The van der Waals surface area contributed by atoms with Gasteiger partial charge in [0.1, 0.15) is 0 Å². The number of hydrogen-bond acceptors (Lipinski definition) is 12. The molecule has 0 aromatic heterocycles. The van der Waals surface area contributed by atoms with E-state index in [1.165, 1.54) is 157 Å². The molecule has 0 unspecified atom stereocenters. The molecule has 8 aliphatic heterocycles. The molecule has 8 aliphatic rings. The summed E-state index contributed by atoms with van der Waals surface area (Å²) in [4.78, 5) is 49.4. The van der Waals surface area contributed by atoms with Crippen LogP contribution >= 0.6 is 0 Å². The zero-order chi connectivity index (χ0) is 43.1. The first-order valence-electron chi connectivity index (χ1n) is 21.8. The van der Waals surface area contributed by atoms with E-state index in [4.69, 9.17) is 0 Å². The first-order valence-corrected chi connectivity index (χ1v) is 21.8. The van der Waals surface area contributed by atoms with Gasteiger partial charge in [0.15, 0.2) is 0 Å². The minimum Gasteiger partial charge on any atom is -0.545 e. The zero-order valence-electron chi connectivity index (χ0n) is 37.5. The summed E-state index contributed by atoms with van der Waals surface area (Å²) in [6, 6.07) is 3.84. The first kappa shape index (κ1) is 55.9. The van der Waals surface area contributed by atoms with Crippen LogP contribution in [0.3, 0.4) is 0 Å². The summed E-state index contributed by atoms with van der Waals surface area (Å²) < 4.78 is 0. The zero-order valence-corrected chi connectivity index (χ0v) is 43.4. The average molecular weight is 940 g/mol. The molecule has 12 nitrogen and oxygen atoms in total. The Morgan fingerprint density at radius 2 is 0.550 bits per heavy atom. The van der Waals surface area contributed by atoms with E-state index in [1.54, 1.807) is 12.8 Å². The van der Waals surface area contributed by atoms with Crippen LogP contribution in [-0.2, 0) is 58.1 Å². The van der Waals surface area contributed by atoms with E-state index < -0.39 is 23.9 Å². The van der Waals surface area contributed by atoms with Crippen LogP contribution in [0, 0.1) is 23.7 Å². The Bertz CT molecular complexity index is 1200. The maximum absolute atomic E-state index is 9.49. The summed E-state index contributed by atoms with van der Waals surface area (Å²) in [7, 11) is 0. The molecule has 0 aromatic rings. The monoisotopic (exact) mass is 936 g/mol. The number of fused-ring (bicyclic) bond motifs is 12. The fourth-order valence-corrected chi connectivity index (χ4v) is 10.5. The molecule has 0 N–H and O–H groups in total. The Balaban J connectivity index is 0.000000390. The Morgan fingerprint density at radius 1 is 0.383 bits per heavy atom. The van der Waals surface area contributed by atoms with Gasteiger partial charge in [0.05, 0.1) is 23.9 Å². The second kappa shape index (κ2) is 27.9. The molecule has 0 amide bonds. The van der Waals surface area contributed by atoms with Crippen molar-refractivity contribution >= 4 is 23.9 Å². The number of carbonyl (C=O) groups is 4. The Labute approximate surface area is 386 Å². The summed E-state index contributed by atoms with van der Waals surface area (Å²) in [5.74, 6) is -0.673. The smallest absolute Gasteiger partial charge is 0.545 e. The predicted octanol–water partition coefficient (Wildman–Crippen LogP) is 1.93. The topological polar surface area (TPSA) is 173 Å². The molecule has 0 saturated carbocycles. The molecule has 8 fully saturated rings. The van der Waals surface area contributed by atoms with E-state index >= 15 is 0 Å². The summed E-state index contributed by atoms with van der Waals surface area (Å²) in [5.41, 5.74) is 0.259.